The second-order valence-electron chi connectivity index (χ2n) is 5.84. The van der Waals surface area contributed by atoms with Gasteiger partial charge in [-0.1, -0.05) is 12.1 Å². The zero-order chi connectivity index (χ0) is 17.1. The summed E-state index contributed by atoms with van der Waals surface area (Å²) < 4.78 is 16.9. The molecule has 3 rings (SSSR count). The summed E-state index contributed by atoms with van der Waals surface area (Å²) in [6.45, 7) is 2.19. The number of furan rings is 1. The van der Waals surface area contributed by atoms with Crippen molar-refractivity contribution in [2.75, 3.05) is 20.8 Å². The molecule has 0 bridgehead atoms. The topological polar surface area (TPSA) is 51.8 Å². The number of ether oxygens (including phenoxy) is 2. The Morgan fingerprint density at radius 3 is 2.50 bits per heavy atom. The van der Waals surface area contributed by atoms with E-state index >= 15 is 0 Å². The molecule has 1 aromatic heterocycles. The molecule has 0 amide bonds. The van der Waals surface area contributed by atoms with Crippen molar-refractivity contribution in [1.29, 1.82) is 0 Å². The molecular weight excluding hydrogens is 304 g/mol. The van der Waals surface area contributed by atoms with E-state index in [-0.39, 0.29) is 6.61 Å². The monoisotopic (exact) mass is 326 g/mol. The van der Waals surface area contributed by atoms with Crippen molar-refractivity contribution < 1.29 is 19.0 Å². The fraction of sp³-hybridized carbons (Fsp3) is 0.300. The fourth-order valence-electron chi connectivity index (χ4n) is 2.87. The van der Waals surface area contributed by atoms with Gasteiger partial charge in [0.2, 0.25) is 0 Å². The van der Waals surface area contributed by atoms with Crippen molar-refractivity contribution in [3.05, 3.63) is 47.5 Å². The van der Waals surface area contributed by atoms with Crippen LogP contribution in [0.4, 0.5) is 0 Å². The fourth-order valence-corrected chi connectivity index (χ4v) is 2.87. The smallest absolute Gasteiger partial charge is 0.176 e. The summed E-state index contributed by atoms with van der Waals surface area (Å²) >= 11 is 0. The first kappa shape index (κ1) is 16.4. The van der Waals surface area contributed by atoms with E-state index < -0.39 is 0 Å². The molecule has 1 N–H and O–H groups in total. The van der Waals surface area contributed by atoms with Crippen molar-refractivity contribution in [1.82, 2.24) is 0 Å². The second-order valence-corrected chi connectivity index (χ2v) is 5.84. The van der Waals surface area contributed by atoms with Gasteiger partial charge in [0.15, 0.2) is 11.3 Å². The van der Waals surface area contributed by atoms with E-state index in [9.17, 15) is 0 Å². The van der Waals surface area contributed by atoms with Gasteiger partial charge in [-0.2, -0.15) is 0 Å². The van der Waals surface area contributed by atoms with E-state index in [4.69, 9.17) is 19.0 Å². The molecule has 0 saturated carbocycles. The zero-order valence-electron chi connectivity index (χ0n) is 14.3. The molecule has 0 aliphatic rings. The number of hydrogen-bond acceptors (Lipinski definition) is 4. The Bertz CT molecular complexity index is 848. The highest BCUT2D eigenvalue weighted by atomic mass is 16.5. The minimum absolute atomic E-state index is 0.181. The van der Waals surface area contributed by atoms with Crippen molar-refractivity contribution in [2.45, 2.75) is 19.8 Å². The highest BCUT2D eigenvalue weighted by Gasteiger charge is 2.13. The van der Waals surface area contributed by atoms with Crippen LogP contribution in [0, 0.1) is 6.92 Å². The van der Waals surface area contributed by atoms with Gasteiger partial charge in [0.1, 0.15) is 11.5 Å². The van der Waals surface area contributed by atoms with E-state index in [1.54, 1.807) is 14.2 Å². The normalized spacial score (nSPS) is 11.0. The summed E-state index contributed by atoms with van der Waals surface area (Å²) in [4.78, 5) is 0. The molecule has 0 unspecified atom stereocenters. The highest BCUT2D eigenvalue weighted by molar-refractivity contribution is 5.88. The molecule has 0 radical (unpaired) electrons. The lowest BCUT2D eigenvalue weighted by Crippen LogP contribution is -1.91. The molecule has 0 aliphatic heterocycles. The van der Waals surface area contributed by atoms with Crippen LogP contribution in [0.5, 0.6) is 11.5 Å². The molecule has 4 nitrogen and oxygen atoms in total. The minimum atomic E-state index is 0.181. The van der Waals surface area contributed by atoms with Crippen molar-refractivity contribution in [3.63, 3.8) is 0 Å². The van der Waals surface area contributed by atoms with E-state index in [0.717, 1.165) is 52.0 Å². The second kappa shape index (κ2) is 6.97. The quantitative estimate of drug-likeness (QED) is 0.731. The summed E-state index contributed by atoms with van der Waals surface area (Å²) in [7, 11) is 3.31. The van der Waals surface area contributed by atoms with Crippen LogP contribution < -0.4 is 9.47 Å². The predicted octanol–water partition coefficient (Wildman–Crippen LogP) is 4.35. The Hall–Kier alpha value is -2.46. The van der Waals surface area contributed by atoms with Gasteiger partial charge in [-0.3, -0.25) is 0 Å². The number of hydrogen-bond donors (Lipinski definition) is 1. The molecule has 0 aliphatic carbocycles. The molecular formula is C20H22O4. The van der Waals surface area contributed by atoms with E-state index in [2.05, 4.69) is 6.07 Å². The van der Waals surface area contributed by atoms with Gasteiger partial charge in [-0.25, -0.2) is 0 Å². The van der Waals surface area contributed by atoms with Gasteiger partial charge in [-0.05, 0) is 55.2 Å². The van der Waals surface area contributed by atoms with Gasteiger partial charge in [0.25, 0.3) is 0 Å². The number of rotatable bonds is 6. The molecule has 4 heteroatoms. The lowest BCUT2D eigenvalue weighted by atomic mass is 10.1. The van der Waals surface area contributed by atoms with E-state index in [0.29, 0.717) is 5.75 Å². The highest BCUT2D eigenvalue weighted by Crippen LogP contribution is 2.36. The molecule has 2 aromatic carbocycles. The first-order valence-corrected chi connectivity index (χ1v) is 8.02. The average molecular weight is 326 g/mol. The van der Waals surface area contributed by atoms with Gasteiger partial charge >= 0.3 is 0 Å². The summed E-state index contributed by atoms with van der Waals surface area (Å²) in [5, 5.41) is 10.0. The Labute approximate surface area is 141 Å². The van der Waals surface area contributed by atoms with Crippen LogP contribution in [0.25, 0.3) is 22.3 Å². The van der Waals surface area contributed by atoms with Crippen molar-refractivity contribution >= 4 is 11.0 Å². The summed E-state index contributed by atoms with van der Waals surface area (Å²) in [5.41, 5.74) is 3.91. The van der Waals surface area contributed by atoms with Crippen LogP contribution in [-0.4, -0.2) is 25.9 Å². The molecule has 0 atom stereocenters. The first-order valence-electron chi connectivity index (χ1n) is 8.02. The van der Waals surface area contributed by atoms with Crippen LogP contribution >= 0.6 is 0 Å². The Balaban J connectivity index is 2.07. The molecule has 0 saturated heterocycles. The number of aryl methyl sites for hydroxylation is 2. The lowest BCUT2D eigenvalue weighted by molar-refractivity contribution is 0.288. The SMILES string of the molecule is COc1cc(-c2cc3cc(CCCO)cc(OC)c3o2)ccc1C. The average Bonchev–Trinajstić information content (AvgIpc) is 3.03. The predicted molar refractivity (Wildman–Crippen MR) is 94.9 cm³/mol. The van der Waals surface area contributed by atoms with Crippen LogP contribution in [-0.2, 0) is 6.42 Å². The van der Waals surface area contributed by atoms with Crippen molar-refractivity contribution in [2.24, 2.45) is 0 Å². The third-order valence-corrected chi connectivity index (χ3v) is 4.18. The van der Waals surface area contributed by atoms with Crippen LogP contribution in [0.2, 0.25) is 0 Å². The van der Waals surface area contributed by atoms with E-state index in [1.165, 1.54) is 0 Å². The van der Waals surface area contributed by atoms with E-state index in [1.807, 2.05) is 37.3 Å². The number of aliphatic hydroxyl groups excluding tert-OH is 1. The van der Waals surface area contributed by atoms with Gasteiger partial charge in [0, 0.05) is 17.6 Å². The summed E-state index contributed by atoms with van der Waals surface area (Å²) in [5.74, 6) is 2.33. The zero-order valence-corrected chi connectivity index (χ0v) is 14.3. The number of aliphatic hydroxyl groups is 1. The Morgan fingerprint density at radius 2 is 1.79 bits per heavy atom. The van der Waals surface area contributed by atoms with Gasteiger partial charge in [-0.15, -0.1) is 0 Å². The van der Waals surface area contributed by atoms with Crippen LogP contribution in [0.3, 0.4) is 0 Å². The first-order chi connectivity index (χ1) is 11.7. The summed E-state index contributed by atoms with van der Waals surface area (Å²) in [6.07, 6.45) is 1.54. The number of benzene rings is 2. The molecule has 126 valence electrons. The van der Waals surface area contributed by atoms with Crippen molar-refractivity contribution in [3.8, 4) is 22.8 Å². The molecule has 24 heavy (non-hydrogen) atoms. The standard InChI is InChI=1S/C20H22O4/c1-13-6-7-15(11-17(13)22-2)18-12-16-9-14(5-4-8-21)10-19(23-3)20(16)24-18/h6-7,9-12,21H,4-5,8H2,1-3H3. The van der Waals surface area contributed by atoms with Crippen LogP contribution in [0.1, 0.15) is 17.5 Å². The maximum absolute atomic E-state index is 9.03. The van der Waals surface area contributed by atoms with Crippen LogP contribution in [0.15, 0.2) is 40.8 Å². The Kier molecular flexibility index (Phi) is 4.76. The molecule has 3 aromatic rings. The molecule has 1 heterocycles. The summed E-state index contributed by atoms with van der Waals surface area (Å²) in [6, 6.07) is 12.1. The van der Waals surface area contributed by atoms with Gasteiger partial charge < -0.3 is 19.0 Å². The number of fused-ring (bicyclic) bond motifs is 1. The largest absolute Gasteiger partial charge is 0.496 e. The minimum Gasteiger partial charge on any atom is -0.496 e. The third kappa shape index (κ3) is 3.10. The molecule has 0 fully saturated rings. The maximum atomic E-state index is 9.03. The molecule has 0 spiro atoms. The van der Waals surface area contributed by atoms with Gasteiger partial charge in [0.05, 0.1) is 14.2 Å². The third-order valence-electron chi connectivity index (χ3n) is 4.18. The Morgan fingerprint density at radius 1 is 1.00 bits per heavy atom. The lowest BCUT2D eigenvalue weighted by Gasteiger charge is -2.06. The number of methoxy groups -OCH3 is 2. The maximum Gasteiger partial charge on any atom is 0.176 e.